The van der Waals surface area contributed by atoms with Gasteiger partial charge in [0.1, 0.15) is 0 Å². The van der Waals surface area contributed by atoms with Gasteiger partial charge in [0.15, 0.2) is 5.69 Å². The molecule has 5 heteroatoms. The van der Waals surface area contributed by atoms with E-state index in [1.807, 2.05) is 17.5 Å². The van der Waals surface area contributed by atoms with E-state index in [-0.39, 0.29) is 11.7 Å². The van der Waals surface area contributed by atoms with Gasteiger partial charge < -0.3 is 10.4 Å². The Morgan fingerprint density at radius 1 is 1.50 bits per heavy atom. The Balaban J connectivity index is 2.25. The predicted octanol–water partition coefficient (Wildman–Crippen LogP) is 3.40. The standard InChI is InChI=1S/C13H14N2O2S/c1-2-9(11-6-4-8-18-11)15-10-5-3-7-14-12(10)13(16)17/h3-9,15H,2H2,1H3,(H,16,17). The van der Waals surface area contributed by atoms with Gasteiger partial charge in [-0.1, -0.05) is 13.0 Å². The Morgan fingerprint density at radius 3 is 2.94 bits per heavy atom. The minimum absolute atomic E-state index is 0.0625. The third-order valence-corrected chi connectivity index (χ3v) is 3.62. The number of carboxylic acid groups (broad SMARTS) is 1. The van der Waals surface area contributed by atoms with Gasteiger partial charge in [0.25, 0.3) is 0 Å². The first kappa shape index (κ1) is 12.6. The Hall–Kier alpha value is -1.88. The maximum absolute atomic E-state index is 11.1. The van der Waals surface area contributed by atoms with Crippen molar-refractivity contribution >= 4 is 23.0 Å². The van der Waals surface area contributed by atoms with Gasteiger partial charge in [-0.3, -0.25) is 0 Å². The molecule has 0 bridgehead atoms. The van der Waals surface area contributed by atoms with Crippen LogP contribution in [0.2, 0.25) is 0 Å². The molecule has 0 aliphatic heterocycles. The molecule has 0 aromatic carbocycles. The number of anilines is 1. The van der Waals surface area contributed by atoms with E-state index in [9.17, 15) is 4.79 Å². The zero-order valence-electron chi connectivity index (χ0n) is 9.96. The Labute approximate surface area is 109 Å². The van der Waals surface area contributed by atoms with Crippen molar-refractivity contribution in [3.05, 3.63) is 46.4 Å². The zero-order chi connectivity index (χ0) is 13.0. The molecule has 2 rings (SSSR count). The first-order valence-corrected chi connectivity index (χ1v) is 6.58. The fourth-order valence-electron chi connectivity index (χ4n) is 1.74. The van der Waals surface area contributed by atoms with Crippen LogP contribution in [0.15, 0.2) is 35.8 Å². The molecule has 1 unspecified atom stereocenters. The molecular weight excluding hydrogens is 248 g/mol. The second kappa shape index (κ2) is 5.64. The van der Waals surface area contributed by atoms with E-state index in [4.69, 9.17) is 5.11 Å². The minimum Gasteiger partial charge on any atom is -0.476 e. The number of thiophene rings is 1. The van der Waals surface area contributed by atoms with Crippen molar-refractivity contribution in [2.24, 2.45) is 0 Å². The molecule has 1 atom stereocenters. The number of nitrogens with one attached hydrogen (secondary N) is 1. The van der Waals surface area contributed by atoms with Crippen LogP contribution >= 0.6 is 11.3 Å². The predicted molar refractivity (Wildman–Crippen MR) is 72.2 cm³/mol. The van der Waals surface area contributed by atoms with Crippen LogP contribution in [0.5, 0.6) is 0 Å². The largest absolute Gasteiger partial charge is 0.476 e. The van der Waals surface area contributed by atoms with Gasteiger partial charge in [-0.15, -0.1) is 11.3 Å². The summed E-state index contributed by atoms with van der Waals surface area (Å²) in [6.45, 7) is 2.06. The second-order valence-electron chi connectivity index (χ2n) is 3.83. The normalized spacial score (nSPS) is 12.1. The lowest BCUT2D eigenvalue weighted by atomic mass is 10.1. The van der Waals surface area contributed by atoms with Gasteiger partial charge >= 0.3 is 5.97 Å². The molecule has 0 fully saturated rings. The SMILES string of the molecule is CCC(Nc1cccnc1C(=O)O)c1cccs1. The lowest BCUT2D eigenvalue weighted by molar-refractivity contribution is 0.0691. The Kier molecular flexibility index (Phi) is 3.94. The lowest BCUT2D eigenvalue weighted by Crippen LogP contribution is -2.12. The molecule has 2 aromatic rings. The summed E-state index contributed by atoms with van der Waals surface area (Å²) in [5.41, 5.74) is 0.623. The minimum atomic E-state index is -1.01. The summed E-state index contributed by atoms with van der Waals surface area (Å²) in [5.74, 6) is -1.01. The van der Waals surface area contributed by atoms with Crippen LogP contribution in [0.3, 0.4) is 0 Å². The van der Waals surface area contributed by atoms with Crippen molar-refractivity contribution in [1.29, 1.82) is 0 Å². The highest BCUT2D eigenvalue weighted by Crippen LogP contribution is 2.27. The summed E-state index contributed by atoms with van der Waals surface area (Å²) in [4.78, 5) is 16.2. The number of aromatic nitrogens is 1. The summed E-state index contributed by atoms with van der Waals surface area (Å²) in [5, 5.41) is 14.3. The molecule has 2 heterocycles. The summed E-state index contributed by atoms with van der Waals surface area (Å²) in [6.07, 6.45) is 2.37. The van der Waals surface area contributed by atoms with Gasteiger partial charge in [0.05, 0.1) is 11.7 Å². The molecule has 18 heavy (non-hydrogen) atoms. The van der Waals surface area contributed by atoms with E-state index in [0.717, 1.165) is 6.42 Å². The maximum atomic E-state index is 11.1. The first-order chi connectivity index (χ1) is 8.72. The van der Waals surface area contributed by atoms with Gasteiger partial charge in [-0.05, 0) is 30.0 Å². The van der Waals surface area contributed by atoms with E-state index in [0.29, 0.717) is 5.69 Å². The van der Waals surface area contributed by atoms with E-state index in [1.165, 1.54) is 11.1 Å². The zero-order valence-corrected chi connectivity index (χ0v) is 10.8. The van der Waals surface area contributed by atoms with E-state index in [1.54, 1.807) is 23.5 Å². The van der Waals surface area contributed by atoms with Gasteiger partial charge in [-0.2, -0.15) is 0 Å². The topological polar surface area (TPSA) is 62.2 Å². The van der Waals surface area contributed by atoms with Crippen molar-refractivity contribution in [2.75, 3.05) is 5.32 Å². The highest BCUT2D eigenvalue weighted by molar-refractivity contribution is 7.10. The molecule has 0 amide bonds. The van der Waals surface area contributed by atoms with E-state index in [2.05, 4.69) is 17.2 Å². The fourth-order valence-corrected chi connectivity index (χ4v) is 2.61. The molecule has 94 valence electrons. The van der Waals surface area contributed by atoms with Crippen LogP contribution < -0.4 is 5.32 Å². The number of aromatic carboxylic acids is 1. The van der Waals surface area contributed by atoms with Crippen LogP contribution in [-0.2, 0) is 0 Å². The quantitative estimate of drug-likeness (QED) is 0.866. The van der Waals surface area contributed by atoms with Crippen molar-refractivity contribution in [3.63, 3.8) is 0 Å². The summed E-state index contributed by atoms with van der Waals surface area (Å²) >= 11 is 1.66. The third-order valence-electron chi connectivity index (χ3n) is 2.63. The average molecular weight is 262 g/mol. The molecule has 0 saturated heterocycles. The molecule has 2 aromatic heterocycles. The van der Waals surface area contributed by atoms with Crippen LogP contribution in [-0.4, -0.2) is 16.1 Å². The molecule has 0 aliphatic rings. The molecule has 0 aliphatic carbocycles. The number of rotatable bonds is 5. The molecule has 4 nitrogen and oxygen atoms in total. The van der Waals surface area contributed by atoms with Crippen LogP contribution in [0.25, 0.3) is 0 Å². The van der Waals surface area contributed by atoms with Crippen LogP contribution in [0, 0.1) is 0 Å². The van der Waals surface area contributed by atoms with Crippen molar-refractivity contribution in [3.8, 4) is 0 Å². The Morgan fingerprint density at radius 2 is 2.33 bits per heavy atom. The number of pyridine rings is 1. The van der Waals surface area contributed by atoms with Crippen molar-refractivity contribution < 1.29 is 9.90 Å². The molecule has 0 radical (unpaired) electrons. The number of carboxylic acids is 1. The van der Waals surface area contributed by atoms with E-state index < -0.39 is 5.97 Å². The lowest BCUT2D eigenvalue weighted by Gasteiger charge is -2.17. The number of carbonyl (C=O) groups is 1. The average Bonchev–Trinajstić information content (AvgIpc) is 2.90. The van der Waals surface area contributed by atoms with Gasteiger partial charge in [-0.25, -0.2) is 9.78 Å². The number of hydrogen-bond acceptors (Lipinski definition) is 4. The molecule has 0 spiro atoms. The highest BCUT2D eigenvalue weighted by atomic mass is 32.1. The Bertz CT molecular complexity index is 526. The summed E-state index contributed by atoms with van der Waals surface area (Å²) < 4.78 is 0. The third kappa shape index (κ3) is 2.68. The number of hydrogen-bond donors (Lipinski definition) is 2. The molecule has 2 N–H and O–H groups in total. The highest BCUT2D eigenvalue weighted by Gasteiger charge is 2.15. The van der Waals surface area contributed by atoms with E-state index >= 15 is 0 Å². The first-order valence-electron chi connectivity index (χ1n) is 5.70. The summed E-state index contributed by atoms with van der Waals surface area (Å²) in [7, 11) is 0. The van der Waals surface area contributed by atoms with Gasteiger partial charge in [0.2, 0.25) is 0 Å². The van der Waals surface area contributed by atoms with Gasteiger partial charge in [0, 0.05) is 11.1 Å². The maximum Gasteiger partial charge on any atom is 0.356 e. The summed E-state index contributed by atoms with van der Waals surface area (Å²) in [6, 6.07) is 7.63. The molecule has 0 saturated carbocycles. The van der Waals surface area contributed by atoms with Crippen LogP contribution in [0.4, 0.5) is 5.69 Å². The smallest absolute Gasteiger partial charge is 0.356 e. The monoisotopic (exact) mass is 262 g/mol. The van der Waals surface area contributed by atoms with Crippen LogP contribution in [0.1, 0.15) is 34.8 Å². The molecular formula is C13H14N2O2S. The second-order valence-corrected chi connectivity index (χ2v) is 4.80. The van der Waals surface area contributed by atoms with Crippen molar-refractivity contribution in [2.45, 2.75) is 19.4 Å². The fraction of sp³-hybridized carbons (Fsp3) is 0.231. The van der Waals surface area contributed by atoms with Crippen molar-refractivity contribution in [1.82, 2.24) is 4.98 Å². The number of nitrogens with zero attached hydrogens (tertiary/aromatic N) is 1.